The number of hydrogen-bond donors (Lipinski definition) is 1. The zero-order chi connectivity index (χ0) is 15.0. The fraction of sp³-hybridized carbons (Fsp3) is 0.688. The van der Waals surface area contributed by atoms with Gasteiger partial charge >= 0.3 is 0 Å². The van der Waals surface area contributed by atoms with Crippen LogP contribution in [0, 0.1) is 5.41 Å². The van der Waals surface area contributed by atoms with Crippen molar-refractivity contribution in [2.75, 3.05) is 13.1 Å². The second-order valence-corrected chi connectivity index (χ2v) is 7.93. The van der Waals surface area contributed by atoms with Crippen molar-refractivity contribution in [2.24, 2.45) is 5.41 Å². The Labute approximate surface area is 127 Å². The lowest BCUT2D eigenvalue weighted by molar-refractivity contribution is 0.0272. The molecule has 2 heterocycles. The van der Waals surface area contributed by atoms with Crippen LogP contribution in [-0.4, -0.2) is 34.6 Å². The molecule has 1 aromatic rings. The van der Waals surface area contributed by atoms with Gasteiger partial charge in [-0.3, -0.25) is 9.88 Å². The van der Waals surface area contributed by atoms with Crippen molar-refractivity contribution in [3.8, 4) is 0 Å². The molecule has 0 radical (unpaired) electrons. The minimum Gasteiger partial charge on any atom is -0.309 e. The van der Waals surface area contributed by atoms with Crippen LogP contribution in [0.2, 0.25) is 5.02 Å². The number of nitrogens with zero attached hydrogens (tertiary/aromatic N) is 2. The first-order valence-electron chi connectivity index (χ1n) is 7.26. The molecule has 1 aliphatic heterocycles. The van der Waals surface area contributed by atoms with Gasteiger partial charge in [0.2, 0.25) is 0 Å². The zero-order valence-electron chi connectivity index (χ0n) is 13.2. The molecule has 1 atom stereocenters. The average molecular weight is 296 g/mol. The lowest BCUT2D eigenvalue weighted by atomic mass is 9.82. The molecule has 1 N–H and O–H groups in total. The summed E-state index contributed by atoms with van der Waals surface area (Å²) in [6.07, 6.45) is 3.55. The second kappa shape index (κ2) is 5.63. The van der Waals surface area contributed by atoms with E-state index in [-0.39, 0.29) is 11.0 Å². The molecule has 0 spiro atoms. The number of hydrogen-bond acceptors (Lipinski definition) is 3. The van der Waals surface area contributed by atoms with E-state index in [9.17, 15) is 0 Å². The van der Waals surface area contributed by atoms with Gasteiger partial charge in [-0.05, 0) is 30.9 Å². The fourth-order valence-electron chi connectivity index (χ4n) is 2.95. The van der Waals surface area contributed by atoms with Crippen LogP contribution in [0.3, 0.4) is 0 Å². The summed E-state index contributed by atoms with van der Waals surface area (Å²) < 4.78 is 0. The summed E-state index contributed by atoms with van der Waals surface area (Å²) >= 11 is 6.27. The molecule has 0 saturated carbocycles. The highest BCUT2D eigenvalue weighted by Crippen LogP contribution is 2.30. The van der Waals surface area contributed by atoms with Gasteiger partial charge in [-0.2, -0.15) is 0 Å². The van der Waals surface area contributed by atoms with E-state index in [4.69, 9.17) is 11.6 Å². The molecule has 0 amide bonds. The number of rotatable bonds is 2. The summed E-state index contributed by atoms with van der Waals surface area (Å²) in [5, 5.41) is 4.42. The van der Waals surface area contributed by atoms with E-state index < -0.39 is 0 Å². The average Bonchev–Trinajstić information content (AvgIpc) is 2.29. The lowest BCUT2D eigenvalue weighted by Gasteiger charge is -2.49. The van der Waals surface area contributed by atoms with E-state index in [1.54, 1.807) is 6.20 Å². The lowest BCUT2D eigenvalue weighted by Crippen LogP contribution is -2.64. The Morgan fingerprint density at radius 2 is 2.15 bits per heavy atom. The highest BCUT2D eigenvalue weighted by molar-refractivity contribution is 6.31. The Hall–Kier alpha value is -0.640. The van der Waals surface area contributed by atoms with E-state index in [1.165, 1.54) is 0 Å². The van der Waals surface area contributed by atoms with E-state index in [0.29, 0.717) is 6.04 Å². The molecule has 1 saturated heterocycles. The normalized spacial score (nSPS) is 23.8. The van der Waals surface area contributed by atoms with Gasteiger partial charge in [0.05, 0.1) is 5.02 Å². The number of nitrogens with one attached hydrogen (secondary N) is 1. The summed E-state index contributed by atoms with van der Waals surface area (Å²) in [5.41, 5.74) is 1.54. The maximum absolute atomic E-state index is 6.27. The van der Waals surface area contributed by atoms with E-state index in [0.717, 1.165) is 30.2 Å². The molecule has 3 nitrogen and oxygen atoms in total. The summed E-state index contributed by atoms with van der Waals surface area (Å²) in [5.74, 6) is 0. The minimum atomic E-state index is 0.140. The van der Waals surface area contributed by atoms with Crippen LogP contribution in [0.4, 0.5) is 0 Å². The third kappa shape index (κ3) is 3.72. The van der Waals surface area contributed by atoms with Gasteiger partial charge in [0.15, 0.2) is 0 Å². The van der Waals surface area contributed by atoms with Crippen LogP contribution in [0.1, 0.15) is 40.2 Å². The first-order chi connectivity index (χ1) is 9.19. The predicted molar refractivity (Wildman–Crippen MR) is 85.0 cm³/mol. The Morgan fingerprint density at radius 1 is 1.45 bits per heavy atom. The molecular weight excluding hydrogens is 270 g/mol. The molecule has 1 aromatic heterocycles. The van der Waals surface area contributed by atoms with Gasteiger partial charge in [-0.1, -0.05) is 32.4 Å². The van der Waals surface area contributed by atoms with Crippen LogP contribution in [0.25, 0.3) is 0 Å². The molecule has 4 heteroatoms. The van der Waals surface area contributed by atoms with E-state index in [1.807, 2.05) is 12.3 Å². The van der Waals surface area contributed by atoms with Crippen molar-refractivity contribution in [2.45, 2.75) is 52.7 Å². The Morgan fingerprint density at radius 3 is 2.75 bits per heavy atom. The molecule has 1 fully saturated rings. The smallest absolute Gasteiger partial charge is 0.0634 e. The van der Waals surface area contributed by atoms with Crippen molar-refractivity contribution < 1.29 is 0 Å². The van der Waals surface area contributed by atoms with Gasteiger partial charge in [-0.15, -0.1) is 0 Å². The highest BCUT2D eigenvalue weighted by atomic mass is 35.5. The standard InChI is InChI=1S/C16H26ClN3/c1-15(2,3)14-9-19-16(4,5)11-20(14)10-12-6-7-18-8-13(12)17/h6-8,14,19H,9-11H2,1-5H3. The summed E-state index contributed by atoms with van der Waals surface area (Å²) in [4.78, 5) is 6.62. The third-order valence-electron chi connectivity index (χ3n) is 4.04. The largest absolute Gasteiger partial charge is 0.309 e. The molecule has 2 rings (SSSR count). The zero-order valence-corrected chi connectivity index (χ0v) is 14.0. The summed E-state index contributed by atoms with van der Waals surface area (Å²) in [7, 11) is 0. The monoisotopic (exact) mass is 295 g/mol. The van der Waals surface area contributed by atoms with Gasteiger partial charge in [-0.25, -0.2) is 0 Å². The summed E-state index contributed by atoms with van der Waals surface area (Å²) in [6, 6.07) is 2.52. The highest BCUT2D eigenvalue weighted by Gasteiger charge is 2.38. The predicted octanol–water partition coefficient (Wildman–Crippen LogP) is 3.33. The molecule has 112 valence electrons. The van der Waals surface area contributed by atoms with Crippen molar-refractivity contribution in [3.05, 3.63) is 29.0 Å². The number of halogens is 1. The van der Waals surface area contributed by atoms with Crippen molar-refractivity contribution in [1.29, 1.82) is 0 Å². The second-order valence-electron chi connectivity index (χ2n) is 7.52. The Kier molecular flexibility index (Phi) is 4.43. The molecule has 0 aromatic carbocycles. The number of piperazine rings is 1. The van der Waals surface area contributed by atoms with Crippen molar-refractivity contribution in [1.82, 2.24) is 15.2 Å². The van der Waals surface area contributed by atoms with Gasteiger partial charge in [0.1, 0.15) is 0 Å². The fourth-order valence-corrected chi connectivity index (χ4v) is 3.13. The van der Waals surface area contributed by atoms with Crippen LogP contribution < -0.4 is 5.32 Å². The Balaban J connectivity index is 2.22. The van der Waals surface area contributed by atoms with Crippen LogP contribution in [-0.2, 0) is 6.54 Å². The number of aromatic nitrogens is 1. The maximum Gasteiger partial charge on any atom is 0.0634 e. The molecule has 1 aliphatic rings. The quantitative estimate of drug-likeness (QED) is 0.907. The van der Waals surface area contributed by atoms with Gasteiger partial charge < -0.3 is 5.32 Å². The van der Waals surface area contributed by atoms with Gasteiger partial charge in [0, 0.05) is 43.6 Å². The van der Waals surface area contributed by atoms with Gasteiger partial charge in [0.25, 0.3) is 0 Å². The maximum atomic E-state index is 6.27. The molecule has 0 aliphatic carbocycles. The van der Waals surface area contributed by atoms with Crippen LogP contribution >= 0.6 is 11.6 Å². The Bertz CT molecular complexity index is 465. The third-order valence-corrected chi connectivity index (χ3v) is 4.38. The van der Waals surface area contributed by atoms with E-state index in [2.05, 4.69) is 49.8 Å². The topological polar surface area (TPSA) is 28.2 Å². The SMILES string of the molecule is CC1(C)CN(Cc2ccncc2Cl)C(C(C)(C)C)CN1. The first kappa shape index (κ1) is 15.7. The first-order valence-corrected chi connectivity index (χ1v) is 7.64. The van der Waals surface area contributed by atoms with Crippen molar-refractivity contribution in [3.63, 3.8) is 0 Å². The molecule has 1 unspecified atom stereocenters. The van der Waals surface area contributed by atoms with Crippen LogP contribution in [0.5, 0.6) is 0 Å². The van der Waals surface area contributed by atoms with E-state index >= 15 is 0 Å². The summed E-state index contributed by atoms with van der Waals surface area (Å²) in [6.45, 7) is 14.3. The number of pyridine rings is 1. The molecular formula is C16H26ClN3. The minimum absolute atomic E-state index is 0.140. The van der Waals surface area contributed by atoms with Crippen molar-refractivity contribution >= 4 is 11.6 Å². The molecule has 20 heavy (non-hydrogen) atoms. The molecule has 0 bridgehead atoms. The van der Waals surface area contributed by atoms with Crippen LogP contribution in [0.15, 0.2) is 18.5 Å².